The number of hydrogen-bond donors (Lipinski definition) is 2. The van der Waals surface area contributed by atoms with Gasteiger partial charge in [0.15, 0.2) is 0 Å². The highest BCUT2D eigenvalue weighted by atomic mass is 35.5. The fraction of sp³-hybridized carbons (Fsp3) is 0.143. The zero-order valence-electron chi connectivity index (χ0n) is 11.1. The van der Waals surface area contributed by atoms with Gasteiger partial charge < -0.3 is 10.3 Å². The smallest absolute Gasteiger partial charge is 0.252 e. The Balaban J connectivity index is 0.00000220. The highest BCUT2D eigenvalue weighted by molar-refractivity contribution is 6.30. The molecular formula is C14H14Cl2FN3O. The predicted molar refractivity (Wildman–Crippen MR) is 81.3 cm³/mol. The minimum Gasteiger partial charge on any atom is -0.365 e. The Morgan fingerprint density at radius 3 is 2.62 bits per heavy atom. The Morgan fingerprint density at radius 1 is 1.43 bits per heavy atom. The summed E-state index contributed by atoms with van der Waals surface area (Å²) in [6.07, 6.45) is 1.48. The number of pyridine rings is 1. The third kappa shape index (κ3) is 3.43. The van der Waals surface area contributed by atoms with E-state index in [-0.39, 0.29) is 34.3 Å². The summed E-state index contributed by atoms with van der Waals surface area (Å²) < 4.78 is 15.2. The van der Waals surface area contributed by atoms with E-state index < -0.39 is 11.9 Å². The number of rotatable bonds is 3. The second-order valence-electron chi connectivity index (χ2n) is 4.39. The molecule has 0 aliphatic rings. The fourth-order valence-electron chi connectivity index (χ4n) is 2.04. The van der Waals surface area contributed by atoms with E-state index in [0.29, 0.717) is 5.56 Å². The maximum absolute atomic E-state index is 13.8. The summed E-state index contributed by atoms with van der Waals surface area (Å²) >= 11 is 5.93. The van der Waals surface area contributed by atoms with Gasteiger partial charge in [-0.2, -0.15) is 0 Å². The molecule has 2 aromatic rings. The molecule has 1 atom stereocenters. The van der Waals surface area contributed by atoms with E-state index in [1.54, 1.807) is 25.1 Å². The van der Waals surface area contributed by atoms with E-state index >= 15 is 0 Å². The summed E-state index contributed by atoms with van der Waals surface area (Å²) in [4.78, 5) is 11.3. The molecule has 0 aliphatic heterocycles. The van der Waals surface area contributed by atoms with Crippen molar-refractivity contribution < 1.29 is 9.18 Å². The molecule has 21 heavy (non-hydrogen) atoms. The van der Waals surface area contributed by atoms with Gasteiger partial charge in [-0.05, 0) is 19.1 Å². The lowest BCUT2D eigenvalue weighted by molar-refractivity contribution is 0.0997. The van der Waals surface area contributed by atoms with Gasteiger partial charge in [-0.15, -0.1) is 12.4 Å². The number of halogens is 3. The highest BCUT2D eigenvalue weighted by Crippen LogP contribution is 2.21. The van der Waals surface area contributed by atoms with Crippen molar-refractivity contribution in [2.75, 3.05) is 0 Å². The van der Waals surface area contributed by atoms with Crippen LogP contribution in [0.2, 0.25) is 5.02 Å². The van der Waals surface area contributed by atoms with Crippen molar-refractivity contribution in [1.29, 1.82) is 5.41 Å². The number of nitrogens with two attached hydrogens (primary N) is 1. The minimum absolute atomic E-state index is 0. The fourth-order valence-corrected chi connectivity index (χ4v) is 2.25. The molecule has 0 radical (unpaired) electrons. The van der Waals surface area contributed by atoms with Crippen LogP contribution >= 0.6 is 24.0 Å². The molecule has 0 saturated heterocycles. The van der Waals surface area contributed by atoms with Gasteiger partial charge in [-0.25, -0.2) is 4.39 Å². The zero-order valence-corrected chi connectivity index (χ0v) is 12.7. The topological polar surface area (TPSA) is 71.9 Å². The van der Waals surface area contributed by atoms with E-state index in [9.17, 15) is 9.18 Å². The average molecular weight is 330 g/mol. The molecule has 0 aliphatic carbocycles. The number of nitrogens with zero attached hydrogens (tertiary/aromatic N) is 1. The monoisotopic (exact) mass is 329 g/mol. The standard InChI is InChI=1S/C14H13ClFN3O.ClH/c1-8(10-4-2-3-5-12(10)16)19-7-9(15)6-11(13(19)17)14(18)20;/h2-8,17H,1H3,(H2,18,20);1H. The van der Waals surface area contributed by atoms with E-state index in [4.69, 9.17) is 22.7 Å². The summed E-state index contributed by atoms with van der Waals surface area (Å²) in [5, 5.41) is 8.27. The summed E-state index contributed by atoms with van der Waals surface area (Å²) in [5.41, 5.74) is 5.52. The van der Waals surface area contributed by atoms with Crippen LogP contribution in [0.3, 0.4) is 0 Å². The maximum atomic E-state index is 13.8. The number of carbonyl (C=O) groups is 1. The van der Waals surface area contributed by atoms with E-state index in [1.807, 2.05) is 0 Å². The lowest BCUT2D eigenvalue weighted by atomic mass is 10.1. The number of aromatic nitrogens is 1. The number of benzene rings is 1. The first kappa shape index (κ1) is 17.2. The molecule has 1 aromatic carbocycles. The van der Waals surface area contributed by atoms with Gasteiger partial charge in [0.1, 0.15) is 11.3 Å². The quantitative estimate of drug-likeness (QED) is 0.892. The molecule has 0 spiro atoms. The second-order valence-corrected chi connectivity index (χ2v) is 4.83. The first-order chi connectivity index (χ1) is 9.41. The molecule has 4 nitrogen and oxygen atoms in total. The van der Waals surface area contributed by atoms with Crippen molar-refractivity contribution in [3.05, 3.63) is 64.0 Å². The molecule has 7 heteroatoms. The van der Waals surface area contributed by atoms with Crippen molar-refractivity contribution in [2.24, 2.45) is 5.73 Å². The SMILES string of the molecule is CC(c1ccccc1F)n1cc(Cl)cc(C(N)=O)c1=N.Cl. The van der Waals surface area contributed by atoms with Crippen LogP contribution in [0.4, 0.5) is 4.39 Å². The number of amides is 1. The van der Waals surface area contributed by atoms with Crippen LogP contribution < -0.4 is 11.2 Å². The van der Waals surface area contributed by atoms with Crippen molar-refractivity contribution >= 4 is 29.9 Å². The molecule has 1 aromatic heterocycles. The van der Waals surface area contributed by atoms with Gasteiger partial charge >= 0.3 is 0 Å². The lowest BCUT2D eigenvalue weighted by Crippen LogP contribution is -2.31. The number of nitrogens with one attached hydrogen (secondary N) is 1. The highest BCUT2D eigenvalue weighted by Gasteiger charge is 2.16. The normalized spacial score (nSPS) is 11.6. The third-order valence-corrected chi connectivity index (χ3v) is 3.30. The Hall–Kier alpha value is -1.85. The summed E-state index contributed by atoms with van der Waals surface area (Å²) in [6.45, 7) is 1.72. The maximum Gasteiger partial charge on any atom is 0.252 e. The lowest BCUT2D eigenvalue weighted by Gasteiger charge is -2.18. The minimum atomic E-state index is -0.744. The van der Waals surface area contributed by atoms with Crippen molar-refractivity contribution in [2.45, 2.75) is 13.0 Å². The van der Waals surface area contributed by atoms with Gasteiger partial charge in [0.2, 0.25) is 0 Å². The van der Waals surface area contributed by atoms with Gasteiger partial charge in [0, 0.05) is 11.8 Å². The van der Waals surface area contributed by atoms with Crippen molar-refractivity contribution in [1.82, 2.24) is 4.57 Å². The Kier molecular flexibility index (Phi) is 5.52. The van der Waals surface area contributed by atoms with Crippen LogP contribution in [-0.4, -0.2) is 10.5 Å². The Bertz CT molecular complexity index is 730. The molecule has 0 fully saturated rings. The molecule has 3 N–H and O–H groups in total. The predicted octanol–water partition coefficient (Wildman–Crippen LogP) is 2.89. The zero-order chi connectivity index (χ0) is 14.9. The number of carbonyl (C=O) groups excluding carboxylic acids is 1. The summed E-state index contributed by atoms with van der Waals surface area (Å²) in [7, 11) is 0. The molecule has 0 saturated carbocycles. The summed E-state index contributed by atoms with van der Waals surface area (Å²) in [5.74, 6) is -1.13. The molecule has 112 valence electrons. The molecule has 1 unspecified atom stereocenters. The van der Waals surface area contributed by atoms with Crippen LogP contribution in [0.25, 0.3) is 0 Å². The number of hydrogen-bond acceptors (Lipinski definition) is 2. The molecular weight excluding hydrogens is 316 g/mol. The molecule has 2 rings (SSSR count). The average Bonchev–Trinajstić information content (AvgIpc) is 2.40. The summed E-state index contributed by atoms with van der Waals surface area (Å²) in [6, 6.07) is 7.10. The second kappa shape index (κ2) is 6.74. The van der Waals surface area contributed by atoms with Crippen LogP contribution in [0.5, 0.6) is 0 Å². The largest absolute Gasteiger partial charge is 0.365 e. The third-order valence-electron chi connectivity index (χ3n) is 3.10. The van der Waals surface area contributed by atoms with Gasteiger partial charge in [0.05, 0.1) is 16.6 Å². The van der Waals surface area contributed by atoms with Gasteiger partial charge in [-0.1, -0.05) is 29.8 Å². The van der Waals surface area contributed by atoms with Crippen LogP contribution in [0.15, 0.2) is 36.5 Å². The van der Waals surface area contributed by atoms with E-state index in [1.165, 1.54) is 22.9 Å². The van der Waals surface area contributed by atoms with Crippen molar-refractivity contribution in [3.63, 3.8) is 0 Å². The molecule has 1 amide bonds. The van der Waals surface area contributed by atoms with E-state index in [0.717, 1.165) is 0 Å². The first-order valence-corrected chi connectivity index (χ1v) is 6.30. The van der Waals surface area contributed by atoms with Crippen LogP contribution in [0.1, 0.15) is 28.9 Å². The van der Waals surface area contributed by atoms with Gasteiger partial charge in [0.25, 0.3) is 5.91 Å². The number of primary amides is 1. The molecule has 1 heterocycles. The first-order valence-electron chi connectivity index (χ1n) is 5.92. The molecule has 0 bridgehead atoms. The Labute approximate surface area is 132 Å². The van der Waals surface area contributed by atoms with Gasteiger partial charge in [-0.3, -0.25) is 10.2 Å². The van der Waals surface area contributed by atoms with Crippen LogP contribution in [0, 0.1) is 11.2 Å². The van der Waals surface area contributed by atoms with Crippen LogP contribution in [-0.2, 0) is 0 Å². The Morgan fingerprint density at radius 2 is 2.05 bits per heavy atom. The van der Waals surface area contributed by atoms with E-state index in [2.05, 4.69) is 0 Å². The van der Waals surface area contributed by atoms with Crippen molar-refractivity contribution in [3.8, 4) is 0 Å².